The van der Waals surface area contributed by atoms with Crippen LogP contribution >= 0.6 is 11.8 Å². The van der Waals surface area contributed by atoms with Crippen molar-refractivity contribution in [1.29, 1.82) is 0 Å². The molecule has 5 nitrogen and oxygen atoms in total. The van der Waals surface area contributed by atoms with Gasteiger partial charge in [0.2, 0.25) is 11.8 Å². The molecule has 2 N–H and O–H groups in total. The fourth-order valence-corrected chi connectivity index (χ4v) is 2.29. The van der Waals surface area contributed by atoms with Crippen molar-refractivity contribution in [1.82, 2.24) is 5.32 Å². The summed E-state index contributed by atoms with van der Waals surface area (Å²) in [5.41, 5.74) is 0.531. The SMILES string of the molecule is COCCCNC(=O)C(C)SCC(=O)Nc1ccc(F)cc1. The van der Waals surface area contributed by atoms with Crippen molar-refractivity contribution in [2.24, 2.45) is 0 Å². The summed E-state index contributed by atoms with van der Waals surface area (Å²) in [5.74, 6) is -0.526. The van der Waals surface area contributed by atoms with Crippen LogP contribution in [0.3, 0.4) is 0 Å². The molecule has 122 valence electrons. The van der Waals surface area contributed by atoms with Crippen LogP contribution < -0.4 is 10.6 Å². The number of carbonyl (C=O) groups is 2. The predicted octanol–water partition coefficient (Wildman–Crippen LogP) is 2.04. The summed E-state index contributed by atoms with van der Waals surface area (Å²) in [6.07, 6.45) is 0.755. The molecule has 1 atom stereocenters. The Kier molecular flexibility index (Phi) is 8.54. The quantitative estimate of drug-likeness (QED) is 0.681. The maximum atomic E-state index is 12.7. The van der Waals surface area contributed by atoms with Crippen LogP contribution in [-0.4, -0.2) is 43.1 Å². The molecule has 0 saturated carbocycles. The smallest absolute Gasteiger partial charge is 0.234 e. The predicted molar refractivity (Wildman–Crippen MR) is 86.5 cm³/mol. The van der Waals surface area contributed by atoms with Gasteiger partial charge in [0.1, 0.15) is 5.82 Å². The molecule has 0 aliphatic carbocycles. The van der Waals surface area contributed by atoms with Crippen LogP contribution in [0.5, 0.6) is 0 Å². The van der Waals surface area contributed by atoms with Gasteiger partial charge >= 0.3 is 0 Å². The fraction of sp³-hybridized carbons (Fsp3) is 0.467. The van der Waals surface area contributed by atoms with Crippen LogP contribution in [0.2, 0.25) is 0 Å². The van der Waals surface area contributed by atoms with Crippen molar-refractivity contribution >= 4 is 29.3 Å². The second-order valence-electron chi connectivity index (χ2n) is 4.65. The average Bonchev–Trinajstić information content (AvgIpc) is 2.51. The third-order valence-electron chi connectivity index (χ3n) is 2.79. The van der Waals surface area contributed by atoms with Crippen LogP contribution in [0, 0.1) is 5.82 Å². The largest absolute Gasteiger partial charge is 0.385 e. The number of rotatable bonds is 9. The van der Waals surface area contributed by atoms with E-state index in [4.69, 9.17) is 4.74 Å². The molecule has 0 heterocycles. The molecule has 1 aromatic rings. The van der Waals surface area contributed by atoms with Gasteiger partial charge in [-0.25, -0.2) is 4.39 Å². The Balaban J connectivity index is 2.24. The van der Waals surface area contributed by atoms with E-state index in [2.05, 4.69) is 10.6 Å². The molecule has 0 radical (unpaired) electrons. The van der Waals surface area contributed by atoms with Gasteiger partial charge in [0, 0.05) is 25.9 Å². The van der Waals surface area contributed by atoms with Gasteiger partial charge in [-0.1, -0.05) is 0 Å². The van der Waals surface area contributed by atoms with E-state index in [9.17, 15) is 14.0 Å². The average molecular weight is 328 g/mol. The second-order valence-corrected chi connectivity index (χ2v) is 5.97. The molecule has 0 spiro atoms. The van der Waals surface area contributed by atoms with Crippen molar-refractivity contribution in [3.8, 4) is 0 Å². The van der Waals surface area contributed by atoms with Gasteiger partial charge in [0.15, 0.2) is 0 Å². The minimum absolute atomic E-state index is 0.101. The highest BCUT2D eigenvalue weighted by atomic mass is 32.2. The number of anilines is 1. The van der Waals surface area contributed by atoms with E-state index in [1.807, 2.05) is 0 Å². The van der Waals surface area contributed by atoms with E-state index in [0.29, 0.717) is 18.8 Å². The van der Waals surface area contributed by atoms with E-state index in [1.54, 1.807) is 14.0 Å². The molecule has 1 aromatic carbocycles. The van der Waals surface area contributed by atoms with E-state index < -0.39 is 0 Å². The number of nitrogens with one attached hydrogen (secondary N) is 2. The van der Waals surface area contributed by atoms with Crippen molar-refractivity contribution in [2.45, 2.75) is 18.6 Å². The number of benzene rings is 1. The molecule has 0 bridgehead atoms. The zero-order valence-electron chi connectivity index (χ0n) is 12.7. The van der Waals surface area contributed by atoms with Gasteiger partial charge in [-0.3, -0.25) is 9.59 Å². The molecular weight excluding hydrogens is 307 g/mol. The highest BCUT2D eigenvalue weighted by Gasteiger charge is 2.14. The molecule has 0 aliphatic heterocycles. The maximum Gasteiger partial charge on any atom is 0.234 e. The van der Waals surface area contributed by atoms with Crippen molar-refractivity contribution < 1.29 is 18.7 Å². The van der Waals surface area contributed by atoms with Crippen molar-refractivity contribution in [2.75, 3.05) is 31.3 Å². The molecular formula is C15H21FN2O3S. The minimum Gasteiger partial charge on any atom is -0.385 e. The minimum atomic E-state index is -0.355. The molecule has 7 heteroatoms. The van der Waals surface area contributed by atoms with Crippen LogP contribution in [0.15, 0.2) is 24.3 Å². The summed E-state index contributed by atoms with van der Waals surface area (Å²) in [5, 5.41) is 5.11. The lowest BCUT2D eigenvalue weighted by atomic mass is 10.3. The third-order valence-corrected chi connectivity index (χ3v) is 3.93. The molecule has 0 aliphatic rings. The first-order valence-corrected chi connectivity index (χ1v) is 8.01. The molecule has 22 heavy (non-hydrogen) atoms. The highest BCUT2D eigenvalue weighted by Crippen LogP contribution is 2.13. The number of ether oxygens (including phenoxy) is 1. The second kappa shape index (κ2) is 10.2. The number of halogens is 1. The summed E-state index contributed by atoms with van der Waals surface area (Å²) in [7, 11) is 1.61. The highest BCUT2D eigenvalue weighted by molar-refractivity contribution is 8.01. The van der Waals surface area contributed by atoms with E-state index in [0.717, 1.165) is 6.42 Å². The van der Waals surface area contributed by atoms with Gasteiger partial charge in [0.05, 0.1) is 11.0 Å². The standard InChI is InChI=1S/C15H21FN2O3S/c1-11(15(20)17-8-3-9-21-2)22-10-14(19)18-13-6-4-12(16)5-7-13/h4-7,11H,3,8-10H2,1-2H3,(H,17,20)(H,18,19). The lowest BCUT2D eigenvalue weighted by molar-refractivity contribution is -0.120. The number of hydrogen-bond donors (Lipinski definition) is 2. The number of carbonyl (C=O) groups excluding carboxylic acids is 2. The van der Waals surface area contributed by atoms with E-state index in [1.165, 1.54) is 36.0 Å². The Hall–Kier alpha value is -1.60. The lowest BCUT2D eigenvalue weighted by Gasteiger charge is -2.12. The van der Waals surface area contributed by atoms with E-state index >= 15 is 0 Å². The molecule has 1 rings (SSSR count). The fourth-order valence-electron chi connectivity index (χ4n) is 1.58. The Morgan fingerprint density at radius 1 is 1.32 bits per heavy atom. The monoisotopic (exact) mass is 328 g/mol. The normalized spacial score (nSPS) is 11.8. The van der Waals surface area contributed by atoms with Crippen LogP contribution in [0.4, 0.5) is 10.1 Å². The molecule has 1 unspecified atom stereocenters. The molecule has 0 saturated heterocycles. The van der Waals surface area contributed by atoms with Gasteiger partial charge < -0.3 is 15.4 Å². The third kappa shape index (κ3) is 7.42. The topological polar surface area (TPSA) is 67.4 Å². The summed E-state index contributed by atoms with van der Waals surface area (Å²) in [6, 6.07) is 5.53. The Bertz CT molecular complexity index is 482. The zero-order valence-corrected chi connectivity index (χ0v) is 13.5. The first-order valence-electron chi connectivity index (χ1n) is 6.96. The summed E-state index contributed by atoms with van der Waals surface area (Å²) >= 11 is 1.25. The summed E-state index contributed by atoms with van der Waals surface area (Å²) in [4.78, 5) is 23.5. The molecule has 0 fully saturated rings. The van der Waals surface area contributed by atoms with Gasteiger partial charge in [-0.2, -0.15) is 0 Å². The summed E-state index contributed by atoms with van der Waals surface area (Å²) in [6.45, 7) is 2.91. The van der Waals surface area contributed by atoms with Gasteiger partial charge in [-0.15, -0.1) is 11.8 Å². The summed E-state index contributed by atoms with van der Waals surface area (Å²) < 4.78 is 17.6. The Morgan fingerprint density at radius 2 is 2.00 bits per heavy atom. The molecule has 0 aromatic heterocycles. The van der Waals surface area contributed by atoms with Gasteiger partial charge in [-0.05, 0) is 37.6 Å². The van der Waals surface area contributed by atoms with Crippen molar-refractivity contribution in [3.63, 3.8) is 0 Å². The zero-order chi connectivity index (χ0) is 16.4. The first kappa shape index (κ1) is 18.4. The van der Waals surface area contributed by atoms with Crippen molar-refractivity contribution in [3.05, 3.63) is 30.1 Å². The number of amides is 2. The van der Waals surface area contributed by atoms with Crippen LogP contribution in [0.1, 0.15) is 13.3 Å². The number of methoxy groups -OCH3 is 1. The lowest BCUT2D eigenvalue weighted by Crippen LogP contribution is -2.33. The maximum absolute atomic E-state index is 12.7. The first-order chi connectivity index (χ1) is 10.5. The van der Waals surface area contributed by atoms with Crippen LogP contribution in [0.25, 0.3) is 0 Å². The van der Waals surface area contributed by atoms with Gasteiger partial charge in [0.25, 0.3) is 0 Å². The number of hydrogen-bond acceptors (Lipinski definition) is 4. The Morgan fingerprint density at radius 3 is 2.64 bits per heavy atom. The molecule has 2 amide bonds. The number of thioether (sulfide) groups is 1. The van der Waals surface area contributed by atoms with E-state index in [-0.39, 0.29) is 28.6 Å². The Labute approximate surface area is 134 Å². The van der Waals surface area contributed by atoms with Crippen LogP contribution in [-0.2, 0) is 14.3 Å².